The molecule has 0 aromatic heterocycles. The van der Waals surface area contributed by atoms with Crippen molar-refractivity contribution in [2.75, 3.05) is 0 Å². The molecule has 0 aromatic rings. The first-order valence-electron chi connectivity index (χ1n) is 4.92. The number of rotatable bonds is 0. The summed E-state index contributed by atoms with van der Waals surface area (Å²) in [4.78, 5) is 0. The highest BCUT2D eigenvalue weighted by atomic mass is 15.0. The van der Waals surface area contributed by atoms with Crippen molar-refractivity contribution in [2.45, 2.75) is 45.2 Å². The van der Waals surface area contributed by atoms with E-state index in [2.05, 4.69) is 19.2 Å². The third-order valence-electron chi connectivity index (χ3n) is 3.50. The second kappa shape index (κ2) is 2.77. The first-order valence-corrected chi connectivity index (χ1v) is 4.92. The van der Waals surface area contributed by atoms with Crippen LogP contribution >= 0.6 is 0 Å². The molecule has 0 spiro atoms. The number of piperidine rings is 1. The lowest BCUT2D eigenvalue weighted by Gasteiger charge is -2.41. The minimum Gasteiger partial charge on any atom is -0.402 e. The predicted octanol–water partition coefficient (Wildman–Crippen LogP) is 1.38. The molecule has 0 saturated carbocycles. The summed E-state index contributed by atoms with van der Waals surface area (Å²) in [5.74, 6) is 0.543. The second-order valence-corrected chi connectivity index (χ2v) is 4.18. The van der Waals surface area contributed by atoms with Crippen LogP contribution in [-0.2, 0) is 0 Å². The molecule has 2 aliphatic rings. The van der Waals surface area contributed by atoms with E-state index in [1.54, 1.807) is 0 Å². The first kappa shape index (κ1) is 8.11. The SMILES string of the molecule is CC1=C(N)C(C)C2CCCC1N2. The summed E-state index contributed by atoms with van der Waals surface area (Å²) in [5.41, 5.74) is 8.58. The molecule has 3 atom stereocenters. The van der Waals surface area contributed by atoms with Crippen molar-refractivity contribution in [3.05, 3.63) is 11.3 Å². The summed E-state index contributed by atoms with van der Waals surface area (Å²) in [6.07, 6.45) is 3.93. The highest BCUT2D eigenvalue weighted by molar-refractivity contribution is 5.24. The molecule has 1 fully saturated rings. The molecular weight excluding hydrogens is 148 g/mol. The summed E-state index contributed by atoms with van der Waals surface area (Å²) in [6, 6.07) is 1.23. The fourth-order valence-electron chi connectivity index (χ4n) is 2.48. The summed E-state index contributed by atoms with van der Waals surface area (Å²) in [6.45, 7) is 4.41. The molecule has 2 heterocycles. The smallest absolute Gasteiger partial charge is 0.0299 e. The average Bonchev–Trinajstić information content (AvgIpc) is 2.13. The number of fused-ring (bicyclic) bond motifs is 2. The Balaban J connectivity index is 2.30. The predicted molar refractivity (Wildman–Crippen MR) is 50.6 cm³/mol. The Hall–Kier alpha value is -0.500. The maximum absolute atomic E-state index is 6.05. The summed E-state index contributed by atoms with van der Waals surface area (Å²) in [7, 11) is 0. The fourth-order valence-corrected chi connectivity index (χ4v) is 2.48. The van der Waals surface area contributed by atoms with Crippen LogP contribution in [0.3, 0.4) is 0 Å². The van der Waals surface area contributed by atoms with Crippen molar-refractivity contribution >= 4 is 0 Å². The van der Waals surface area contributed by atoms with Gasteiger partial charge in [-0.05, 0) is 31.8 Å². The van der Waals surface area contributed by atoms with Gasteiger partial charge in [0.05, 0.1) is 0 Å². The molecular formula is C10H18N2. The van der Waals surface area contributed by atoms with Crippen molar-refractivity contribution < 1.29 is 0 Å². The van der Waals surface area contributed by atoms with Gasteiger partial charge < -0.3 is 11.1 Å². The van der Waals surface area contributed by atoms with Gasteiger partial charge in [-0.3, -0.25) is 0 Å². The maximum atomic E-state index is 6.05. The molecule has 2 nitrogen and oxygen atoms in total. The van der Waals surface area contributed by atoms with Gasteiger partial charge in [-0.15, -0.1) is 0 Å². The Bertz CT molecular complexity index is 210. The van der Waals surface area contributed by atoms with Gasteiger partial charge in [-0.2, -0.15) is 0 Å². The minimum absolute atomic E-state index is 0.543. The molecule has 1 saturated heterocycles. The lowest BCUT2D eigenvalue weighted by atomic mass is 9.79. The fraction of sp³-hybridized carbons (Fsp3) is 0.800. The van der Waals surface area contributed by atoms with Crippen LogP contribution in [-0.4, -0.2) is 12.1 Å². The lowest BCUT2D eigenvalue weighted by molar-refractivity contribution is 0.269. The molecule has 0 aliphatic carbocycles. The van der Waals surface area contributed by atoms with E-state index < -0.39 is 0 Å². The van der Waals surface area contributed by atoms with E-state index in [1.807, 2.05) is 0 Å². The van der Waals surface area contributed by atoms with Gasteiger partial charge in [0.15, 0.2) is 0 Å². The molecule has 2 heteroatoms. The van der Waals surface area contributed by atoms with Crippen LogP contribution in [0.5, 0.6) is 0 Å². The molecule has 68 valence electrons. The molecule has 0 aromatic carbocycles. The number of nitrogens with two attached hydrogens (primary N) is 1. The summed E-state index contributed by atoms with van der Waals surface area (Å²) in [5, 5.41) is 3.64. The van der Waals surface area contributed by atoms with Crippen LogP contribution in [0, 0.1) is 5.92 Å². The van der Waals surface area contributed by atoms with E-state index in [0.29, 0.717) is 18.0 Å². The monoisotopic (exact) mass is 166 g/mol. The van der Waals surface area contributed by atoms with Crippen molar-refractivity contribution in [1.82, 2.24) is 5.32 Å². The van der Waals surface area contributed by atoms with Crippen LogP contribution in [0.1, 0.15) is 33.1 Å². The molecule has 12 heavy (non-hydrogen) atoms. The zero-order valence-corrected chi connectivity index (χ0v) is 7.93. The van der Waals surface area contributed by atoms with Crippen molar-refractivity contribution in [3.8, 4) is 0 Å². The molecule has 2 rings (SSSR count). The lowest BCUT2D eigenvalue weighted by Crippen LogP contribution is -2.52. The van der Waals surface area contributed by atoms with Gasteiger partial charge in [0, 0.05) is 23.7 Å². The first-order chi connectivity index (χ1) is 5.70. The third-order valence-corrected chi connectivity index (χ3v) is 3.50. The van der Waals surface area contributed by atoms with Gasteiger partial charge in [-0.1, -0.05) is 6.92 Å². The molecule has 0 radical (unpaired) electrons. The van der Waals surface area contributed by atoms with Crippen LogP contribution < -0.4 is 11.1 Å². The van der Waals surface area contributed by atoms with Gasteiger partial charge in [0.25, 0.3) is 0 Å². The molecule has 2 bridgehead atoms. The average molecular weight is 166 g/mol. The highest BCUT2D eigenvalue weighted by Gasteiger charge is 2.33. The molecule has 2 aliphatic heterocycles. The Morgan fingerprint density at radius 3 is 2.92 bits per heavy atom. The van der Waals surface area contributed by atoms with Crippen LogP contribution in [0.15, 0.2) is 11.3 Å². The Labute approximate surface area is 74.2 Å². The van der Waals surface area contributed by atoms with E-state index in [0.717, 1.165) is 5.70 Å². The molecule has 0 amide bonds. The van der Waals surface area contributed by atoms with Crippen LogP contribution in [0.4, 0.5) is 0 Å². The second-order valence-electron chi connectivity index (χ2n) is 4.18. The Kier molecular flexibility index (Phi) is 1.87. The van der Waals surface area contributed by atoms with E-state index in [4.69, 9.17) is 5.73 Å². The zero-order valence-electron chi connectivity index (χ0n) is 7.93. The topological polar surface area (TPSA) is 38.0 Å². The van der Waals surface area contributed by atoms with E-state index in [9.17, 15) is 0 Å². The highest BCUT2D eigenvalue weighted by Crippen LogP contribution is 2.31. The number of nitrogens with one attached hydrogen (secondary N) is 1. The largest absolute Gasteiger partial charge is 0.402 e. The van der Waals surface area contributed by atoms with Crippen molar-refractivity contribution in [3.63, 3.8) is 0 Å². The van der Waals surface area contributed by atoms with Crippen LogP contribution in [0.2, 0.25) is 0 Å². The minimum atomic E-state index is 0.543. The van der Waals surface area contributed by atoms with Crippen molar-refractivity contribution in [1.29, 1.82) is 0 Å². The van der Waals surface area contributed by atoms with E-state index in [1.165, 1.54) is 24.8 Å². The Morgan fingerprint density at radius 2 is 2.17 bits per heavy atom. The normalized spacial score (nSPS) is 41.7. The van der Waals surface area contributed by atoms with Gasteiger partial charge in [0.1, 0.15) is 0 Å². The molecule has 3 N–H and O–H groups in total. The third kappa shape index (κ3) is 1.06. The zero-order chi connectivity index (χ0) is 8.72. The number of hydrogen-bond acceptors (Lipinski definition) is 2. The Morgan fingerprint density at radius 1 is 1.42 bits per heavy atom. The van der Waals surface area contributed by atoms with Crippen molar-refractivity contribution in [2.24, 2.45) is 11.7 Å². The summed E-state index contributed by atoms with van der Waals surface area (Å²) < 4.78 is 0. The van der Waals surface area contributed by atoms with Crippen LogP contribution in [0.25, 0.3) is 0 Å². The standard InChI is InChI=1S/C10H18N2/c1-6-8-4-3-5-9(12-8)7(2)10(6)11/h6,8-9,12H,3-5,11H2,1-2H3. The summed E-state index contributed by atoms with van der Waals surface area (Å²) >= 11 is 0. The van der Waals surface area contributed by atoms with Gasteiger partial charge in [-0.25, -0.2) is 0 Å². The number of hydrogen-bond donors (Lipinski definition) is 2. The quantitative estimate of drug-likeness (QED) is 0.570. The van der Waals surface area contributed by atoms with E-state index in [-0.39, 0.29) is 0 Å². The maximum Gasteiger partial charge on any atom is 0.0299 e. The molecule has 3 unspecified atom stereocenters. The van der Waals surface area contributed by atoms with Gasteiger partial charge in [0.2, 0.25) is 0 Å². The van der Waals surface area contributed by atoms with E-state index >= 15 is 0 Å². The van der Waals surface area contributed by atoms with Gasteiger partial charge >= 0.3 is 0 Å².